The van der Waals surface area contributed by atoms with Gasteiger partial charge in [0.15, 0.2) is 0 Å². The smallest absolute Gasteiger partial charge is 0.103 e. The van der Waals surface area contributed by atoms with Crippen LogP contribution in [0.1, 0.15) is 45.6 Å². The van der Waals surface area contributed by atoms with Crippen molar-refractivity contribution in [3.8, 4) is 6.07 Å². The van der Waals surface area contributed by atoms with Gasteiger partial charge in [-0.1, -0.05) is 38.4 Å². The summed E-state index contributed by atoms with van der Waals surface area (Å²) >= 11 is 6.03. The van der Waals surface area contributed by atoms with Crippen molar-refractivity contribution in [3.05, 3.63) is 28.8 Å². The van der Waals surface area contributed by atoms with Crippen LogP contribution in [0.3, 0.4) is 0 Å². The maximum absolute atomic E-state index is 9.14. The summed E-state index contributed by atoms with van der Waals surface area (Å²) in [5.74, 6) is 0. The average molecular weight is 251 g/mol. The molecule has 0 bridgehead atoms. The Balaban J connectivity index is 3.10. The highest BCUT2D eigenvalue weighted by Crippen LogP contribution is 2.30. The lowest BCUT2D eigenvalue weighted by molar-refractivity contribution is 0.420. The molecule has 0 aromatic heterocycles. The van der Waals surface area contributed by atoms with Gasteiger partial charge in [-0.05, 0) is 31.4 Å². The first-order valence-corrected chi connectivity index (χ1v) is 6.47. The van der Waals surface area contributed by atoms with Crippen molar-refractivity contribution < 1.29 is 0 Å². The van der Waals surface area contributed by atoms with Crippen molar-refractivity contribution >= 4 is 17.3 Å². The molecule has 0 radical (unpaired) electrons. The van der Waals surface area contributed by atoms with Gasteiger partial charge >= 0.3 is 0 Å². The first-order chi connectivity index (χ1) is 8.12. The van der Waals surface area contributed by atoms with Crippen LogP contribution in [0.4, 0.5) is 5.69 Å². The predicted octanol–water partition coefficient (Wildman–Crippen LogP) is 4.59. The minimum atomic E-state index is 0.0519. The van der Waals surface area contributed by atoms with Crippen molar-refractivity contribution in [3.63, 3.8) is 0 Å². The van der Waals surface area contributed by atoms with E-state index in [4.69, 9.17) is 16.9 Å². The van der Waals surface area contributed by atoms with E-state index in [0.29, 0.717) is 10.6 Å². The van der Waals surface area contributed by atoms with Gasteiger partial charge in [-0.25, -0.2) is 0 Å². The molecule has 0 amide bonds. The molecule has 0 saturated carbocycles. The van der Waals surface area contributed by atoms with Gasteiger partial charge in [0.2, 0.25) is 0 Å². The van der Waals surface area contributed by atoms with Crippen LogP contribution >= 0.6 is 11.6 Å². The highest BCUT2D eigenvalue weighted by Gasteiger charge is 2.24. The van der Waals surface area contributed by atoms with Crippen molar-refractivity contribution in [1.82, 2.24) is 0 Å². The first-order valence-electron chi connectivity index (χ1n) is 6.09. The van der Waals surface area contributed by atoms with Crippen LogP contribution in [-0.4, -0.2) is 5.54 Å². The van der Waals surface area contributed by atoms with Gasteiger partial charge in [-0.15, -0.1) is 0 Å². The van der Waals surface area contributed by atoms with Crippen molar-refractivity contribution in [1.29, 1.82) is 5.26 Å². The predicted molar refractivity (Wildman–Crippen MR) is 73.4 cm³/mol. The number of rotatable bonds is 5. The summed E-state index contributed by atoms with van der Waals surface area (Å²) in [4.78, 5) is 0. The molecule has 1 aromatic carbocycles. The zero-order chi connectivity index (χ0) is 12.9. The van der Waals surface area contributed by atoms with E-state index in [9.17, 15) is 0 Å². The molecule has 0 aliphatic heterocycles. The van der Waals surface area contributed by atoms with E-state index in [1.165, 1.54) is 0 Å². The van der Waals surface area contributed by atoms with Gasteiger partial charge in [0.25, 0.3) is 0 Å². The fourth-order valence-corrected chi connectivity index (χ4v) is 2.26. The lowest BCUT2D eigenvalue weighted by Crippen LogP contribution is -2.36. The highest BCUT2D eigenvalue weighted by atomic mass is 35.5. The lowest BCUT2D eigenvalue weighted by Gasteiger charge is -2.33. The molecule has 1 N–H and O–H groups in total. The summed E-state index contributed by atoms with van der Waals surface area (Å²) < 4.78 is 0. The van der Waals surface area contributed by atoms with Gasteiger partial charge in [-0.3, -0.25) is 0 Å². The summed E-state index contributed by atoms with van der Waals surface area (Å²) in [7, 11) is 0. The van der Waals surface area contributed by atoms with Gasteiger partial charge in [0, 0.05) is 5.54 Å². The number of hydrogen-bond acceptors (Lipinski definition) is 2. The van der Waals surface area contributed by atoms with E-state index >= 15 is 0 Å². The Bertz CT molecular complexity index is 408. The molecular formula is C14H19ClN2. The molecule has 2 nitrogen and oxygen atoms in total. The average Bonchev–Trinajstić information content (AvgIpc) is 2.36. The third-order valence-electron chi connectivity index (χ3n) is 3.56. The largest absolute Gasteiger partial charge is 0.379 e. The molecule has 0 atom stereocenters. The normalized spacial score (nSPS) is 11.0. The molecule has 3 heteroatoms. The standard InChI is InChI=1S/C14H19ClN2/c1-4-14(5-2,6-3)17-13-9-7-8-12(15)11(13)10-16/h7-9,17H,4-6H2,1-3H3. The van der Waals surface area contributed by atoms with E-state index in [1.807, 2.05) is 12.1 Å². The monoisotopic (exact) mass is 250 g/mol. The molecule has 0 saturated heterocycles. The van der Waals surface area contributed by atoms with Crippen LogP contribution in [0.2, 0.25) is 5.02 Å². The van der Waals surface area contributed by atoms with Crippen LogP contribution in [0, 0.1) is 11.3 Å². The maximum atomic E-state index is 9.14. The Morgan fingerprint density at radius 3 is 2.29 bits per heavy atom. The van der Waals surface area contributed by atoms with Crippen molar-refractivity contribution in [2.45, 2.75) is 45.6 Å². The number of halogens is 1. The minimum absolute atomic E-state index is 0.0519. The quantitative estimate of drug-likeness (QED) is 0.830. The second-order valence-corrected chi connectivity index (χ2v) is 4.65. The fraction of sp³-hybridized carbons (Fsp3) is 0.500. The Labute approximate surface area is 109 Å². The number of anilines is 1. The second-order valence-electron chi connectivity index (χ2n) is 4.24. The van der Waals surface area contributed by atoms with E-state index in [-0.39, 0.29) is 5.54 Å². The van der Waals surface area contributed by atoms with Gasteiger partial charge in [0.1, 0.15) is 6.07 Å². The minimum Gasteiger partial charge on any atom is -0.379 e. The van der Waals surface area contributed by atoms with E-state index in [0.717, 1.165) is 24.9 Å². The zero-order valence-corrected chi connectivity index (χ0v) is 11.4. The van der Waals surface area contributed by atoms with Crippen LogP contribution < -0.4 is 5.32 Å². The summed E-state index contributed by atoms with van der Waals surface area (Å²) in [6.07, 6.45) is 3.08. The lowest BCUT2D eigenvalue weighted by atomic mass is 9.89. The summed E-state index contributed by atoms with van der Waals surface area (Å²) in [5.41, 5.74) is 1.43. The van der Waals surface area contributed by atoms with E-state index in [2.05, 4.69) is 32.2 Å². The molecule has 92 valence electrons. The maximum Gasteiger partial charge on any atom is 0.103 e. The van der Waals surface area contributed by atoms with Crippen molar-refractivity contribution in [2.75, 3.05) is 5.32 Å². The molecule has 0 fully saturated rings. The van der Waals surface area contributed by atoms with E-state index in [1.54, 1.807) is 6.07 Å². The third-order valence-corrected chi connectivity index (χ3v) is 3.87. The molecule has 0 spiro atoms. The van der Waals surface area contributed by atoms with Crippen LogP contribution in [0.15, 0.2) is 18.2 Å². The summed E-state index contributed by atoms with van der Waals surface area (Å²) in [5, 5.41) is 13.1. The van der Waals surface area contributed by atoms with Gasteiger partial charge < -0.3 is 5.32 Å². The van der Waals surface area contributed by atoms with Crippen molar-refractivity contribution in [2.24, 2.45) is 0 Å². The van der Waals surface area contributed by atoms with Gasteiger partial charge in [0.05, 0.1) is 16.3 Å². The molecule has 0 aliphatic rings. The molecule has 1 aromatic rings. The van der Waals surface area contributed by atoms with Crippen LogP contribution in [0.25, 0.3) is 0 Å². The molecule has 0 heterocycles. The fourth-order valence-electron chi connectivity index (χ4n) is 2.04. The Morgan fingerprint density at radius 2 is 1.82 bits per heavy atom. The Morgan fingerprint density at radius 1 is 1.24 bits per heavy atom. The molecule has 17 heavy (non-hydrogen) atoms. The topological polar surface area (TPSA) is 35.8 Å². The Hall–Kier alpha value is -1.20. The van der Waals surface area contributed by atoms with Crippen LogP contribution in [0.5, 0.6) is 0 Å². The third kappa shape index (κ3) is 2.92. The highest BCUT2D eigenvalue weighted by molar-refractivity contribution is 6.32. The molecule has 0 unspecified atom stereocenters. The number of hydrogen-bond donors (Lipinski definition) is 1. The number of nitrogens with zero attached hydrogens (tertiary/aromatic N) is 1. The number of nitriles is 1. The molecular weight excluding hydrogens is 232 g/mol. The number of nitrogens with one attached hydrogen (secondary N) is 1. The Kier molecular flexibility index (Phi) is 4.84. The SMILES string of the molecule is CCC(CC)(CC)Nc1cccc(Cl)c1C#N. The molecule has 0 aliphatic carbocycles. The second kappa shape index (κ2) is 5.93. The zero-order valence-electron chi connectivity index (χ0n) is 10.7. The van der Waals surface area contributed by atoms with Crippen LogP contribution in [-0.2, 0) is 0 Å². The first kappa shape index (κ1) is 13.9. The summed E-state index contributed by atoms with van der Waals surface area (Å²) in [6, 6.07) is 7.70. The number of benzene rings is 1. The molecule has 1 rings (SSSR count). The van der Waals surface area contributed by atoms with Gasteiger partial charge in [-0.2, -0.15) is 5.26 Å². The van der Waals surface area contributed by atoms with E-state index < -0.39 is 0 Å². The summed E-state index contributed by atoms with van der Waals surface area (Å²) in [6.45, 7) is 6.49.